The lowest BCUT2D eigenvalue weighted by Crippen LogP contribution is -2.38. The first-order chi connectivity index (χ1) is 16.3. The van der Waals surface area contributed by atoms with Crippen LogP contribution in [0.2, 0.25) is 0 Å². The van der Waals surface area contributed by atoms with Gasteiger partial charge >= 0.3 is 0 Å². The quantitative estimate of drug-likeness (QED) is 0.429. The molecule has 6 heteroatoms. The van der Waals surface area contributed by atoms with Crippen molar-refractivity contribution in [3.8, 4) is 0 Å². The largest absolute Gasteiger partial charge is 0.323 e. The van der Waals surface area contributed by atoms with Crippen LogP contribution in [0.1, 0.15) is 112 Å². The van der Waals surface area contributed by atoms with E-state index in [4.69, 9.17) is 10.2 Å². The van der Waals surface area contributed by atoms with E-state index in [1.165, 1.54) is 0 Å². The lowest BCUT2D eigenvalue weighted by Gasteiger charge is -2.29. The highest BCUT2D eigenvalue weighted by atomic mass is 16.2. The van der Waals surface area contributed by atoms with Crippen molar-refractivity contribution in [3.05, 3.63) is 65.2 Å². The Kier molecular flexibility index (Phi) is 7.08. The van der Waals surface area contributed by atoms with E-state index in [2.05, 4.69) is 101 Å². The molecule has 6 nitrogen and oxygen atoms in total. The third-order valence-corrected chi connectivity index (χ3v) is 6.28. The van der Waals surface area contributed by atoms with Crippen molar-refractivity contribution in [1.82, 2.24) is 19.6 Å². The Bertz CT molecular complexity index is 1140. The summed E-state index contributed by atoms with van der Waals surface area (Å²) in [5.74, 6) is -0.177. The predicted octanol–water partition coefficient (Wildman–Crippen LogP) is 6.96. The van der Waals surface area contributed by atoms with E-state index >= 15 is 0 Å². The topological polar surface area (TPSA) is 64.7 Å². The molecule has 1 amide bonds. The van der Waals surface area contributed by atoms with Crippen LogP contribution >= 0.6 is 0 Å². The van der Waals surface area contributed by atoms with E-state index in [1.807, 2.05) is 39.7 Å². The SMILES string of the molecule is CC(C)(C)c1cc(C(C)(C)C)n(C(C(=O)Nc2ccccc2)n2nc(C(C)(C)C)cc2C(C)(C)C)n1. The summed E-state index contributed by atoms with van der Waals surface area (Å²) >= 11 is 0. The number of benzene rings is 1. The summed E-state index contributed by atoms with van der Waals surface area (Å²) in [4.78, 5) is 14.2. The molecule has 1 aromatic carbocycles. The van der Waals surface area contributed by atoms with Gasteiger partial charge in [-0.1, -0.05) is 101 Å². The average Bonchev–Trinajstić information content (AvgIpc) is 3.34. The van der Waals surface area contributed by atoms with Crippen LogP contribution < -0.4 is 5.32 Å². The number of amides is 1. The Balaban J connectivity index is 2.34. The van der Waals surface area contributed by atoms with Crippen LogP contribution in [-0.2, 0) is 26.5 Å². The Morgan fingerprint density at radius 1 is 0.667 bits per heavy atom. The molecule has 3 rings (SSSR count). The number of carbonyl (C=O) groups is 1. The standard InChI is InChI=1S/C30H45N5O/c1-27(2,3)21-18-23(29(7,8)9)34(32-21)26(25(36)31-20-16-14-13-15-17-20)35-24(30(10,11)12)19-22(33-35)28(4,5)6/h13-19,26H,1-12H3,(H,31,36). The second kappa shape index (κ2) is 9.20. The first kappa shape index (κ1) is 27.7. The molecule has 0 bridgehead atoms. The van der Waals surface area contributed by atoms with Gasteiger partial charge in [0.15, 0.2) is 0 Å². The van der Waals surface area contributed by atoms with Gasteiger partial charge < -0.3 is 5.32 Å². The fourth-order valence-electron chi connectivity index (χ4n) is 4.07. The van der Waals surface area contributed by atoms with Gasteiger partial charge in [-0.05, 0) is 24.3 Å². The van der Waals surface area contributed by atoms with Crippen molar-refractivity contribution in [2.24, 2.45) is 0 Å². The van der Waals surface area contributed by atoms with Crippen LogP contribution in [0.3, 0.4) is 0 Å². The summed E-state index contributed by atoms with van der Waals surface area (Å²) in [6.45, 7) is 25.9. The zero-order chi connectivity index (χ0) is 27.3. The van der Waals surface area contributed by atoms with Gasteiger partial charge in [0.1, 0.15) is 0 Å². The number of anilines is 1. The van der Waals surface area contributed by atoms with Crippen molar-refractivity contribution in [1.29, 1.82) is 0 Å². The van der Waals surface area contributed by atoms with Crippen LogP contribution in [0.5, 0.6) is 0 Å². The molecule has 0 fully saturated rings. The highest BCUT2D eigenvalue weighted by Gasteiger charge is 2.37. The Hall–Kier alpha value is -2.89. The molecule has 0 atom stereocenters. The summed E-state index contributed by atoms with van der Waals surface area (Å²) in [6.07, 6.45) is -0.791. The van der Waals surface area contributed by atoms with Gasteiger partial charge in [-0.2, -0.15) is 10.2 Å². The smallest absolute Gasteiger partial charge is 0.271 e. The first-order valence-corrected chi connectivity index (χ1v) is 12.9. The van der Waals surface area contributed by atoms with E-state index < -0.39 is 6.17 Å². The van der Waals surface area contributed by atoms with Crippen molar-refractivity contribution in [2.75, 3.05) is 5.32 Å². The first-order valence-electron chi connectivity index (χ1n) is 12.9. The molecule has 2 aromatic heterocycles. The number of rotatable bonds is 4. The normalized spacial score (nSPS) is 13.4. The van der Waals surface area contributed by atoms with Crippen molar-refractivity contribution in [3.63, 3.8) is 0 Å². The Morgan fingerprint density at radius 3 is 1.39 bits per heavy atom. The van der Waals surface area contributed by atoms with Crippen molar-refractivity contribution < 1.29 is 4.79 Å². The lowest BCUT2D eigenvalue weighted by molar-refractivity contribution is -0.120. The van der Waals surface area contributed by atoms with Gasteiger partial charge in [-0.3, -0.25) is 4.79 Å². The zero-order valence-corrected chi connectivity index (χ0v) is 24.3. The van der Waals surface area contributed by atoms with Gasteiger partial charge in [0.25, 0.3) is 5.91 Å². The number of aromatic nitrogens is 4. The second-order valence-electron chi connectivity index (χ2n) is 13.9. The molecule has 0 aliphatic carbocycles. The molecule has 0 aliphatic heterocycles. The van der Waals surface area contributed by atoms with Gasteiger partial charge in [-0.15, -0.1) is 0 Å². The fraction of sp³-hybridized carbons (Fsp3) is 0.567. The minimum absolute atomic E-state index is 0.167. The second-order valence-corrected chi connectivity index (χ2v) is 13.9. The summed E-state index contributed by atoms with van der Waals surface area (Å²) in [5.41, 5.74) is 3.83. The zero-order valence-electron chi connectivity index (χ0n) is 24.3. The molecule has 0 unspecified atom stereocenters. The van der Waals surface area contributed by atoms with Crippen molar-refractivity contribution in [2.45, 2.75) is 111 Å². The molecule has 0 radical (unpaired) electrons. The van der Waals surface area contributed by atoms with E-state index in [-0.39, 0.29) is 27.6 Å². The summed E-state index contributed by atoms with van der Waals surface area (Å²) in [5, 5.41) is 13.3. The monoisotopic (exact) mass is 491 g/mol. The predicted molar refractivity (Wildman–Crippen MR) is 149 cm³/mol. The number of nitrogens with one attached hydrogen (secondary N) is 1. The van der Waals surface area contributed by atoms with Crippen molar-refractivity contribution >= 4 is 11.6 Å². The minimum atomic E-state index is -0.791. The third kappa shape index (κ3) is 5.91. The average molecular weight is 492 g/mol. The Morgan fingerprint density at radius 2 is 1.06 bits per heavy atom. The lowest BCUT2D eigenvalue weighted by atomic mass is 9.87. The van der Waals surface area contributed by atoms with Crippen LogP contribution in [-0.4, -0.2) is 25.5 Å². The summed E-state index contributed by atoms with van der Waals surface area (Å²) < 4.78 is 3.79. The summed E-state index contributed by atoms with van der Waals surface area (Å²) in [6, 6.07) is 13.9. The molecule has 1 N–H and O–H groups in total. The molecule has 0 aliphatic rings. The maximum Gasteiger partial charge on any atom is 0.271 e. The van der Waals surface area contributed by atoms with Crippen LogP contribution in [0.25, 0.3) is 0 Å². The molecule has 0 spiro atoms. The number of nitrogens with zero attached hydrogens (tertiary/aromatic N) is 4. The molecule has 196 valence electrons. The molecule has 0 saturated heterocycles. The number of carbonyl (C=O) groups excluding carboxylic acids is 1. The minimum Gasteiger partial charge on any atom is -0.323 e. The van der Waals surface area contributed by atoms with Crippen LogP contribution in [0.4, 0.5) is 5.69 Å². The third-order valence-electron chi connectivity index (χ3n) is 6.28. The highest BCUT2D eigenvalue weighted by molar-refractivity contribution is 5.93. The molecule has 2 heterocycles. The van der Waals surface area contributed by atoms with E-state index in [1.54, 1.807) is 0 Å². The Labute approximate surface area is 217 Å². The maximum absolute atomic E-state index is 14.2. The number of hydrogen-bond acceptors (Lipinski definition) is 3. The van der Waals surface area contributed by atoms with Gasteiger partial charge in [0.2, 0.25) is 6.17 Å². The maximum atomic E-state index is 14.2. The number of hydrogen-bond donors (Lipinski definition) is 1. The molecule has 0 saturated carbocycles. The highest BCUT2D eigenvalue weighted by Crippen LogP contribution is 2.35. The van der Waals surface area contributed by atoms with Gasteiger partial charge in [0, 0.05) is 38.7 Å². The molecule has 36 heavy (non-hydrogen) atoms. The van der Waals surface area contributed by atoms with E-state index in [9.17, 15) is 4.79 Å². The molecular weight excluding hydrogens is 446 g/mol. The summed E-state index contributed by atoms with van der Waals surface area (Å²) in [7, 11) is 0. The number of para-hydroxylation sites is 1. The van der Waals surface area contributed by atoms with E-state index in [0.717, 1.165) is 28.5 Å². The molecular formula is C30H45N5O. The van der Waals surface area contributed by atoms with Gasteiger partial charge in [0.05, 0.1) is 11.4 Å². The molecule has 3 aromatic rings. The van der Waals surface area contributed by atoms with E-state index in [0.29, 0.717) is 0 Å². The van der Waals surface area contributed by atoms with Gasteiger partial charge in [-0.25, -0.2) is 9.36 Å². The van der Waals surface area contributed by atoms with Crippen LogP contribution in [0.15, 0.2) is 42.5 Å². The fourth-order valence-corrected chi connectivity index (χ4v) is 4.07. The van der Waals surface area contributed by atoms with Crippen LogP contribution in [0, 0.1) is 0 Å².